The lowest BCUT2D eigenvalue weighted by Gasteiger charge is -2.59. The first-order valence-electron chi connectivity index (χ1n) is 10.4. The van der Waals surface area contributed by atoms with E-state index in [4.69, 9.17) is 0 Å². The van der Waals surface area contributed by atoms with Gasteiger partial charge in [0.2, 0.25) is 0 Å². The Kier molecular flexibility index (Phi) is 2.77. The highest BCUT2D eigenvalue weighted by Gasteiger charge is 2.77. The molecule has 4 fully saturated rings. The number of aromatic hydroxyl groups is 1. The number of hydrogen-bond acceptors (Lipinski definition) is 3. The molecule has 0 unspecified atom stereocenters. The van der Waals surface area contributed by atoms with Gasteiger partial charge < -0.3 is 10.2 Å². The third kappa shape index (κ3) is 1.66. The molecule has 0 aromatic heterocycles. The average molecular weight is 339 g/mol. The number of aliphatic hydroxyl groups is 1. The third-order valence-corrected chi connectivity index (χ3v) is 8.68. The molecular formula is C22H29NO2. The van der Waals surface area contributed by atoms with E-state index in [2.05, 4.69) is 11.0 Å². The quantitative estimate of drug-likeness (QED) is 0.868. The van der Waals surface area contributed by atoms with Crippen molar-refractivity contribution in [2.75, 3.05) is 13.1 Å². The summed E-state index contributed by atoms with van der Waals surface area (Å²) in [5, 5.41) is 22.3. The molecule has 4 atom stereocenters. The zero-order valence-corrected chi connectivity index (χ0v) is 15.0. The molecule has 2 spiro atoms. The van der Waals surface area contributed by atoms with Crippen LogP contribution in [-0.4, -0.2) is 39.8 Å². The topological polar surface area (TPSA) is 43.7 Å². The monoisotopic (exact) mass is 339 g/mol. The van der Waals surface area contributed by atoms with Crippen LogP contribution in [0.15, 0.2) is 18.2 Å². The second-order valence-electron chi connectivity index (χ2n) is 9.90. The van der Waals surface area contributed by atoms with Crippen molar-refractivity contribution in [2.24, 2.45) is 11.3 Å². The molecule has 1 saturated heterocycles. The van der Waals surface area contributed by atoms with Crippen LogP contribution >= 0.6 is 0 Å². The number of phenols is 1. The highest BCUT2D eigenvalue weighted by Crippen LogP contribution is 2.71. The molecule has 3 nitrogen and oxygen atoms in total. The Balaban J connectivity index is 1.47. The van der Waals surface area contributed by atoms with Gasteiger partial charge >= 0.3 is 0 Å². The SMILES string of the molecule is Oc1ccc2c(c1)[C@@]13CCCC[C@@]1(O)[C@@H]1N(CC4CCC4)C[C@]1(C2)C3. The highest BCUT2D eigenvalue weighted by atomic mass is 16.3. The van der Waals surface area contributed by atoms with Gasteiger partial charge in [0.25, 0.3) is 0 Å². The molecular weight excluding hydrogens is 310 g/mol. The zero-order chi connectivity index (χ0) is 16.9. The van der Waals surface area contributed by atoms with E-state index in [9.17, 15) is 10.2 Å². The second kappa shape index (κ2) is 4.61. The standard InChI is InChI=1S/C22H29NO2/c24-17-7-6-16-11-20-13-21(18(16)10-17)8-1-2-9-22(21,25)19(20)23(14-20)12-15-4-3-5-15/h6-7,10,15,19,24-25H,1-5,8-9,11-14H2/t19-,20+,21+,22-/m1/s1. The van der Waals surface area contributed by atoms with Crippen molar-refractivity contribution < 1.29 is 10.2 Å². The maximum absolute atomic E-state index is 12.1. The van der Waals surface area contributed by atoms with Crippen LogP contribution in [0.3, 0.4) is 0 Å². The third-order valence-electron chi connectivity index (χ3n) is 8.68. The summed E-state index contributed by atoms with van der Waals surface area (Å²) < 4.78 is 0. The normalized spacial score (nSPS) is 45.1. The second-order valence-corrected chi connectivity index (χ2v) is 9.90. The molecule has 5 aliphatic rings. The van der Waals surface area contributed by atoms with Crippen LogP contribution in [0.5, 0.6) is 5.75 Å². The highest BCUT2D eigenvalue weighted by molar-refractivity contribution is 5.51. The van der Waals surface area contributed by atoms with E-state index in [0.717, 1.165) is 38.0 Å². The fourth-order valence-electron chi connectivity index (χ4n) is 7.73. The fraction of sp³-hybridized carbons (Fsp3) is 0.727. The summed E-state index contributed by atoms with van der Waals surface area (Å²) >= 11 is 0. The maximum atomic E-state index is 12.1. The van der Waals surface area contributed by atoms with Gasteiger partial charge in [-0.3, -0.25) is 4.90 Å². The van der Waals surface area contributed by atoms with E-state index < -0.39 is 5.60 Å². The van der Waals surface area contributed by atoms with Crippen LogP contribution in [0.25, 0.3) is 0 Å². The van der Waals surface area contributed by atoms with E-state index in [1.54, 1.807) is 0 Å². The van der Waals surface area contributed by atoms with Crippen molar-refractivity contribution >= 4 is 0 Å². The molecule has 1 aliphatic heterocycles. The van der Waals surface area contributed by atoms with Crippen LogP contribution in [0.4, 0.5) is 0 Å². The molecule has 3 heteroatoms. The largest absolute Gasteiger partial charge is 0.508 e. The first-order chi connectivity index (χ1) is 12.1. The van der Waals surface area contributed by atoms with Crippen LogP contribution in [0.1, 0.15) is 62.5 Å². The molecule has 1 heterocycles. The lowest BCUT2D eigenvalue weighted by atomic mass is 9.58. The summed E-state index contributed by atoms with van der Waals surface area (Å²) in [4.78, 5) is 2.66. The number of benzene rings is 1. The molecule has 0 radical (unpaired) electrons. The molecule has 4 aliphatic carbocycles. The molecule has 0 amide bonds. The van der Waals surface area contributed by atoms with Crippen molar-refractivity contribution in [1.29, 1.82) is 0 Å². The predicted molar refractivity (Wildman–Crippen MR) is 96.7 cm³/mol. The first-order valence-corrected chi connectivity index (χ1v) is 10.4. The minimum absolute atomic E-state index is 0.114. The minimum Gasteiger partial charge on any atom is -0.508 e. The van der Waals surface area contributed by atoms with E-state index in [1.165, 1.54) is 49.9 Å². The van der Waals surface area contributed by atoms with Crippen molar-refractivity contribution in [2.45, 2.75) is 74.8 Å². The van der Waals surface area contributed by atoms with Crippen molar-refractivity contribution in [3.8, 4) is 5.75 Å². The zero-order valence-electron chi connectivity index (χ0n) is 15.0. The molecule has 1 aromatic rings. The minimum atomic E-state index is -0.591. The molecule has 1 aromatic carbocycles. The molecule has 25 heavy (non-hydrogen) atoms. The Morgan fingerprint density at radius 2 is 1.96 bits per heavy atom. The Morgan fingerprint density at radius 1 is 1.12 bits per heavy atom. The Labute approximate surface area is 150 Å². The number of fused-ring (bicyclic) bond motifs is 2. The van der Waals surface area contributed by atoms with Gasteiger partial charge in [-0.2, -0.15) is 0 Å². The average Bonchev–Trinajstić information content (AvgIpc) is 2.67. The van der Waals surface area contributed by atoms with Gasteiger partial charge in [-0.15, -0.1) is 0 Å². The Bertz CT molecular complexity index is 744. The smallest absolute Gasteiger partial charge is 0.115 e. The van der Waals surface area contributed by atoms with Gasteiger partial charge in [-0.1, -0.05) is 25.3 Å². The van der Waals surface area contributed by atoms with Gasteiger partial charge in [0.1, 0.15) is 5.75 Å². The van der Waals surface area contributed by atoms with E-state index in [0.29, 0.717) is 11.8 Å². The summed E-state index contributed by atoms with van der Waals surface area (Å²) in [6, 6.07) is 6.31. The van der Waals surface area contributed by atoms with E-state index in [1.807, 2.05) is 12.1 Å². The number of phenolic OH excluding ortho intramolecular Hbond substituents is 1. The van der Waals surface area contributed by atoms with Crippen molar-refractivity contribution in [1.82, 2.24) is 4.90 Å². The Hall–Kier alpha value is -1.06. The summed E-state index contributed by atoms with van der Waals surface area (Å²) in [5.41, 5.74) is 2.25. The van der Waals surface area contributed by atoms with Gasteiger partial charge in [0, 0.05) is 30.0 Å². The van der Waals surface area contributed by atoms with E-state index in [-0.39, 0.29) is 10.8 Å². The molecule has 2 bridgehead atoms. The van der Waals surface area contributed by atoms with Gasteiger partial charge in [-0.05, 0) is 67.7 Å². The number of nitrogens with zero attached hydrogens (tertiary/aromatic N) is 1. The summed E-state index contributed by atoms with van der Waals surface area (Å²) in [6.45, 7) is 2.38. The molecule has 134 valence electrons. The summed E-state index contributed by atoms with van der Waals surface area (Å²) in [6.07, 6.45) is 10.8. The van der Waals surface area contributed by atoms with Gasteiger partial charge in [0.15, 0.2) is 0 Å². The van der Waals surface area contributed by atoms with Crippen molar-refractivity contribution in [3.63, 3.8) is 0 Å². The summed E-state index contributed by atoms with van der Waals surface area (Å²) in [5.74, 6) is 1.23. The van der Waals surface area contributed by atoms with E-state index >= 15 is 0 Å². The van der Waals surface area contributed by atoms with Gasteiger partial charge in [-0.25, -0.2) is 0 Å². The van der Waals surface area contributed by atoms with Crippen LogP contribution < -0.4 is 0 Å². The lowest BCUT2D eigenvalue weighted by Crippen LogP contribution is -2.71. The number of hydrogen-bond donors (Lipinski definition) is 2. The van der Waals surface area contributed by atoms with Crippen molar-refractivity contribution in [3.05, 3.63) is 29.3 Å². The van der Waals surface area contributed by atoms with Crippen LogP contribution in [0, 0.1) is 11.3 Å². The molecule has 3 saturated carbocycles. The first kappa shape index (κ1) is 15.0. The molecule has 6 rings (SSSR count). The number of rotatable bonds is 2. The summed E-state index contributed by atoms with van der Waals surface area (Å²) in [7, 11) is 0. The maximum Gasteiger partial charge on any atom is 0.115 e. The fourth-order valence-corrected chi connectivity index (χ4v) is 7.73. The Morgan fingerprint density at radius 3 is 2.76 bits per heavy atom. The lowest BCUT2D eigenvalue weighted by molar-refractivity contribution is -0.160. The van der Waals surface area contributed by atoms with Crippen LogP contribution in [0.2, 0.25) is 0 Å². The molecule has 2 N–H and O–H groups in total. The number of likely N-dealkylation sites (tertiary alicyclic amines) is 1. The van der Waals surface area contributed by atoms with Gasteiger partial charge in [0.05, 0.1) is 5.60 Å². The predicted octanol–water partition coefficient (Wildman–Crippen LogP) is 3.37. The van der Waals surface area contributed by atoms with Crippen LogP contribution in [-0.2, 0) is 11.8 Å².